The van der Waals surface area contributed by atoms with Crippen molar-refractivity contribution in [1.82, 2.24) is 19.9 Å². The average Bonchev–Trinajstić information content (AvgIpc) is 3.10. The van der Waals surface area contributed by atoms with Crippen LogP contribution in [0.5, 0.6) is 0 Å². The predicted molar refractivity (Wildman–Crippen MR) is 88.2 cm³/mol. The number of alkyl halides is 3. The van der Waals surface area contributed by atoms with Crippen molar-refractivity contribution in [2.45, 2.75) is 31.6 Å². The van der Waals surface area contributed by atoms with Crippen LogP contribution >= 0.6 is 0 Å². The number of hydrogen-bond acceptors (Lipinski definition) is 4. The Labute approximate surface area is 148 Å². The third kappa shape index (κ3) is 3.96. The number of carbonyl (C=O) groups excluding carboxylic acids is 1. The first-order valence-electron chi connectivity index (χ1n) is 8.21. The number of nitrogens with zero attached hydrogens (tertiary/aromatic N) is 4. The highest BCUT2D eigenvalue weighted by Crippen LogP contribution is 2.34. The molecule has 0 radical (unpaired) electrons. The van der Waals surface area contributed by atoms with Gasteiger partial charge in [0.25, 0.3) is 0 Å². The number of benzene rings is 1. The number of amides is 2. The maximum Gasteiger partial charge on any atom is 0.418 e. The monoisotopic (exact) mass is 368 g/mol. The molecular formula is C16H19F3N6O. The lowest BCUT2D eigenvalue weighted by atomic mass is 10.1. The second-order valence-electron chi connectivity index (χ2n) is 6.09. The summed E-state index contributed by atoms with van der Waals surface area (Å²) in [6.45, 7) is 1.14. The minimum absolute atomic E-state index is 0.0920. The Bertz CT molecular complexity index is 767. The largest absolute Gasteiger partial charge is 0.418 e. The summed E-state index contributed by atoms with van der Waals surface area (Å²) >= 11 is 0. The van der Waals surface area contributed by atoms with Crippen LogP contribution in [-0.2, 0) is 12.7 Å². The van der Waals surface area contributed by atoms with Crippen LogP contribution in [0.15, 0.2) is 30.5 Å². The highest BCUT2D eigenvalue weighted by atomic mass is 19.4. The topological polar surface area (TPSA) is 89.1 Å². The molecule has 0 atom stereocenters. The molecule has 2 amide bonds. The van der Waals surface area contributed by atoms with E-state index in [1.165, 1.54) is 23.1 Å². The van der Waals surface area contributed by atoms with Gasteiger partial charge < -0.3 is 16.0 Å². The van der Waals surface area contributed by atoms with Gasteiger partial charge in [0.2, 0.25) is 0 Å². The number of carbonyl (C=O) groups is 1. The van der Waals surface area contributed by atoms with E-state index in [0.29, 0.717) is 38.2 Å². The van der Waals surface area contributed by atoms with Crippen LogP contribution in [0.3, 0.4) is 0 Å². The average molecular weight is 368 g/mol. The third-order valence-corrected chi connectivity index (χ3v) is 4.37. The van der Waals surface area contributed by atoms with Crippen LogP contribution in [0.25, 0.3) is 0 Å². The van der Waals surface area contributed by atoms with Gasteiger partial charge in [-0.2, -0.15) is 13.2 Å². The van der Waals surface area contributed by atoms with Gasteiger partial charge in [0, 0.05) is 19.6 Å². The molecule has 26 heavy (non-hydrogen) atoms. The lowest BCUT2D eigenvalue weighted by Gasteiger charge is -2.32. The van der Waals surface area contributed by atoms with E-state index in [1.807, 2.05) is 0 Å². The van der Waals surface area contributed by atoms with E-state index in [9.17, 15) is 18.0 Å². The lowest BCUT2D eigenvalue weighted by Crippen LogP contribution is -2.41. The molecule has 2 heterocycles. The highest BCUT2D eigenvalue weighted by molar-refractivity contribution is 5.90. The summed E-state index contributed by atoms with van der Waals surface area (Å²) in [6.07, 6.45) is -1.46. The van der Waals surface area contributed by atoms with Crippen LogP contribution in [0, 0.1) is 0 Å². The number of aromatic nitrogens is 3. The Morgan fingerprint density at radius 1 is 1.27 bits per heavy atom. The van der Waals surface area contributed by atoms with E-state index in [4.69, 9.17) is 5.73 Å². The molecule has 3 rings (SSSR count). The Morgan fingerprint density at radius 2 is 1.96 bits per heavy atom. The minimum atomic E-state index is -4.52. The van der Waals surface area contributed by atoms with Crippen LogP contribution < -0.4 is 11.1 Å². The maximum absolute atomic E-state index is 13.0. The molecule has 3 N–H and O–H groups in total. The number of anilines is 1. The molecule has 2 aromatic rings. The molecule has 1 saturated heterocycles. The van der Waals surface area contributed by atoms with Gasteiger partial charge in [-0.3, -0.25) is 0 Å². The summed E-state index contributed by atoms with van der Waals surface area (Å²) in [7, 11) is 0. The molecule has 10 heteroatoms. The fraction of sp³-hybridized carbons (Fsp3) is 0.438. The van der Waals surface area contributed by atoms with Crippen LogP contribution in [0.1, 0.15) is 30.1 Å². The Kier molecular flexibility index (Phi) is 5.12. The standard InChI is InChI=1S/C16H19F3N6O/c17-16(18,19)13-3-1-2-4-14(13)21-15(26)24-7-5-12(6-8-24)25-10-11(9-20)22-23-25/h1-4,10,12H,5-9,20H2,(H,21,26). The van der Waals surface area contributed by atoms with Crippen LogP contribution in [0.2, 0.25) is 0 Å². The molecule has 0 saturated carbocycles. The van der Waals surface area contributed by atoms with Crippen molar-refractivity contribution in [3.63, 3.8) is 0 Å². The van der Waals surface area contributed by atoms with Crippen molar-refractivity contribution in [3.8, 4) is 0 Å². The predicted octanol–water partition coefficient (Wildman–Crippen LogP) is 2.62. The number of rotatable bonds is 3. The number of nitrogens with one attached hydrogen (secondary N) is 1. The van der Waals surface area contributed by atoms with Gasteiger partial charge in [-0.05, 0) is 25.0 Å². The van der Waals surface area contributed by atoms with Gasteiger partial charge in [0.15, 0.2) is 0 Å². The Balaban J connectivity index is 1.61. The van der Waals surface area contributed by atoms with Crippen molar-refractivity contribution >= 4 is 11.7 Å². The smallest absolute Gasteiger partial charge is 0.325 e. The molecule has 1 aliphatic heterocycles. The zero-order chi connectivity index (χ0) is 18.7. The molecule has 0 unspecified atom stereocenters. The quantitative estimate of drug-likeness (QED) is 0.872. The zero-order valence-electron chi connectivity index (χ0n) is 13.9. The fourth-order valence-corrected chi connectivity index (χ4v) is 2.95. The minimum Gasteiger partial charge on any atom is -0.325 e. The number of urea groups is 1. The van der Waals surface area contributed by atoms with Gasteiger partial charge in [-0.15, -0.1) is 5.10 Å². The molecule has 1 aromatic carbocycles. The summed E-state index contributed by atoms with van der Waals surface area (Å²) < 4.78 is 40.8. The molecular weight excluding hydrogens is 349 g/mol. The first kappa shape index (κ1) is 18.2. The zero-order valence-corrected chi connectivity index (χ0v) is 13.9. The van der Waals surface area contributed by atoms with E-state index in [1.54, 1.807) is 10.9 Å². The van der Waals surface area contributed by atoms with Gasteiger partial charge in [0.05, 0.1) is 29.2 Å². The van der Waals surface area contributed by atoms with E-state index >= 15 is 0 Å². The van der Waals surface area contributed by atoms with E-state index in [2.05, 4.69) is 15.6 Å². The molecule has 140 valence electrons. The molecule has 0 aliphatic carbocycles. The lowest BCUT2D eigenvalue weighted by molar-refractivity contribution is -0.136. The number of piperidine rings is 1. The fourth-order valence-electron chi connectivity index (χ4n) is 2.95. The normalized spacial score (nSPS) is 15.9. The Hall–Kier alpha value is -2.62. The second kappa shape index (κ2) is 7.32. The van der Waals surface area contributed by atoms with Crippen molar-refractivity contribution in [2.75, 3.05) is 18.4 Å². The summed E-state index contributed by atoms with van der Waals surface area (Å²) in [6, 6.07) is 4.49. The first-order chi connectivity index (χ1) is 12.4. The number of hydrogen-bond donors (Lipinski definition) is 2. The van der Waals surface area contributed by atoms with E-state index in [-0.39, 0.29) is 11.7 Å². The van der Waals surface area contributed by atoms with Crippen molar-refractivity contribution in [3.05, 3.63) is 41.7 Å². The molecule has 1 aromatic heterocycles. The van der Waals surface area contributed by atoms with Gasteiger partial charge >= 0.3 is 12.2 Å². The van der Waals surface area contributed by atoms with E-state index < -0.39 is 17.8 Å². The number of para-hydroxylation sites is 1. The highest BCUT2D eigenvalue weighted by Gasteiger charge is 2.34. The second-order valence-corrected chi connectivity index (χ2v) is 6.09. The SMILES string of the molecule is NCc1cn(C2CCN(C(=O)Nc3ccccc3C(F)(F)F)CC2)nn1. The third-order valence-electron chi connectivity index (χ3n) is 4.37. The molecule has 0 spiro atoms. The summed E-state index contributed by atoms with van der Waals surface area (Å²) in [5.74, 6) is 0. The van der Waals surface area contributed by atoms with Gasteiger partial charge in [-0.1, -0.05) is 17.3 Å². The molecule has 0 bridgehead atoms. The summed E-state index contributed by atoms with van der Waals surface area (Å²) in [5.41, 5.74) is 5.10. The molecule has 1 aliphatic rings. The van der Waals surface area contributed by atoms with Gasteiger partial charge in [0.1, 0.15) is 0 Å². The number of likely N-dealkylation sites (tertiary alicyclic amines) is 1. The Morgan fingerprint density at radius 3 is 2.58 bits per heavy atom. The number of halogens is 3. The summed E-state index contributed by atoms with van der Waals surface area (Å²) in [4.78, 5) is 13.8. The van der Waals surface area contributed by atoms with Crippen molar-refractivity contribution in [1.29, 1.82) is 0 Å². The first-order valence-corrected chi connectivity index (χ1v) is 8.21. The number of nitrogens with two attached hydrogens (primary N) is 1. The van der Waals surface area contributed by atoms with E-state index in [0.717, 1.165) is 6.07 Å². The van der Waals surface area contributed by atoms with Crippen LogP contribution in [-0.4, -0.2) is 39.0 Å². The maximum atomic E-state index is 13.0. The van der Waals surface area contributed by atoms with Crippen LogP contribution in [0.4, 0.5) is 23.7 Å². The molecule has 7 nitrogen and oxygen atoms in total. The summed E-state index contributed by atoms with van der Waals surface area (Å²) in [5, 5.41) is 10.3. The van der Waals surface area contributed by atoms with Crippen molar-refractivity contribution in [2.24, 2.45) is 5.73 Å². The van der Waals surface area contributed by atoms with Crippen molar-refractivity contribution < 1.29 is 18.0 Å². The van der Waals surface area contributed by atoms with Gasteiger partial charge in [-0.25, -0.2) is 9.48 Å². The molecule has 1 fully saturated rings.